The highest BCUT2D eigenvalue weighted by Gasteiger charge is 2.29. The number of nitrogens with zero attached hydrogens (tertiary/aromatic N) is 1. The summed E-state index contributed by atoms with van der Waals surface area (Å²) in [5.74, 6) is 1.50. The van der Waals surface area contributed by atoms with Crippen LogP contribution in [0.25, 0.3) is 11.1 Å². The van der Waals surface area contributed by atoms with Gasteiger partial charge >= 0.3 is 0 Å². The summed E-state index contributed by atoms with van der Waals surface area (Å²) in [6, 6.07) is 5.68. The normalized spacial score (nSPS) is 22.4. The summed E-state index contributed by atoms with van der Waals surface area (Å²) in [6.45, 7) is 1.78. The molecule has 2 aliphatic rings. The lowest BCUT2D eigenvalue weighted by Gasteiger charge is -2.21. The van der Waals surface area contributed by atoms with Crippen molar-refractivity contribution in [2.45, 2.75) is 31.6 Å². The van der Waals surface area contributed by atoms with Gasteiger partial charge in [0, 0.05) is 18.2 Å². The fourth-order valence-corrected chi connectivity index (χ4v) is 2.85. The highest BCUT2D eigenvalue weighted by atomic mass is 16.3. The van der Waals surface area contributed by atoms with Crippen LogP contribution in [-0.2, 0) is 4.79 Å². The van der Waals surface area contributed by atoms with Gasteiger partial charge in [-0.25, -0.2) is 4.98 Å². The summed E-state index contributed by atoms with van der Waals surface area (Å²) < 4.78 is 5.73. The topological polar surface area (TPSA) is 67.2 Å². The Labute approximate surface area is 123 Å². The van der Waals surface area contributed by atoms with Crippen molar-refractivity contribution >= 4 is 22.7 Å². The first kappa shape index (κ1) is 12.8. The molecule has 2 aromatic rings. The van der Waals surface area contributed by atoms with E-state index >= 15 is 0 Å². The molecule has 110 valence electrons. The molecule has 0 bridgehead atoms. The third kappa shape index (κ3) is 2.65. The molecular formula is C16H19N3O2. The molecule has 0 unspecified atom stereocenters. The molecule has 1 saturated heterocycles. The van der Waals surface area contributed by atoms with Gasteiger partial charge < -0.3 is 15.1 Å². The minimum absolute atomic E-state index is 0.0637. The van der Waals surface area contributed by atoms with E-state index in [-0.39, 0.29) is 11.8 Å². The van der Waals surface area contributed by atoms with Gasteiger partial charge in [-0.2, -0.15) is 0 Å². The molecule has 1 atom stereocenters. The van der Waals surface area contributed by atoms with Crippen LogP contribution in [-0.4, -0.2) is 24.0 Å². The van der Waals surface area contributed by atoms with Gasteiger partial charge in [0.1, 0.15) is 5.52 Å². The van der Waals surface area contributed by atoms with Crippen LogP contribution in [0.1, 0.15) is 37.5 Å². The molecule has 1 amide bonds. The molecule has 1 aliphatic carbocycles. The number of benzene rings is 1. The van der Waals surface area contributed by atoms with Gasteiger partial charge in [0.15, 0.2) is 11.5 Å². The Kier molecular flexibility index (Phi) is 3.15. The minimum Gasteiger partial charge on any atom is -0.440 e. The highest BCUT2D eigenvalue weighted by molar-refractivity contribution is 5.94. The summed E-state index contributed by atoms with van der Waals surface area (Å²) in [5, 5.41) is 6.26. The first-order chi connectivity index (χ1) is 10.3. The van der Waals surface area contributed by atoms with Crippen molar-refractivity contribution in [1.82, 2.24) is 10.3 Å². The molecular weight excluding hydrogens is 266 g/mol. The third-order valence-electron chi connectivity index (χ3n) is 4.27. The zero-order chi connectivity index (χ0) is 14.2. The Morgan fingerprint density at radius 1 is 1.33 bits per heavy atom. The molecule has 4 rings (SSSR count). The van der Waals surface area contributed by atoms with E-state index in [2.05, 4.69) is 15.6 Å². The fourth-order valence-electron chi connectivity index (χ4n) is 2.85. The molecule has 2 heterocycles. The van der Waals surface area contributed by atoms with Crippen molar-refractivity contribution in [2.75, 3.05) is 18.4 Å². The Morgan fingerprint density at radius 3 is 3.00 bits per heavy atom. The quantitative estimate of drug-likeness (QED) is 0.909. The number of amides is 1. The van der Waals surface area contributed by atoms with E-state index in [0.29, 0.717) is 5.92 Å². The van der Waals surface area contributed by atoms with Crippen LogP contribution in [0.4, 0.5) is 5.69 Å². The number of fused-ring (bicyclic) bond motifs is 1. The first-order valence-corrected chi connectivity index (χ1v) is 7.72. The molecule has 1 saturated carbocycles. The van der Waals surface area contributed by atoms with Crippen LogP contribution in [0.2, 0.25) is 0 Å². The maximum absolute atomic E-state index is 12.2. The van der Waals surface area contributed by atoms with Crippen LogP contribution >= 0.6 is 0 Å². The van der Waals surface area contributed by atoms with Gasteiger partial charge in [0.25, 0.3) is 0 Å². The predicted molar refractivity (Wildman–Crippen MR) is 80.2 cm³/mol. The number of carbonyl (C=O) groups is 1. The molecule has 2 fully saturated rings. The third-order valence-corrected chi connectivity index (χ3v) is 4.27. The first-order valence-electron chi connectivity index (χ1n) is 7.72. The number of anilines is 1. The number of oxazole rings is 1. The van der Waals surface area contributed by atoms with Gasteiger partial charge in [-0.05, 0) is 50.4 Å². The van der Waals surface area contributed by atoms with Gasteiger partial charge in [0.2, 0.25) is 5.91 Å². The maximum atomic E-state index is 12.2. The van der Waals surface area contributed by atoms with E-state index in [1.807, 2.05) is 18.2 Å². The van der Waals surface area contributed by atoms with E-state index in [4.69, 9.17) is 4.42 Å². The average molecular weight is 285 g/mol. The van der Waals surface area contributed by atoms with Crippen LogP contribution in [0.5, 0.6) is 0 Å². The molecule has 5 heteroatoms. The summed E-state index contributed by atoms with van der Waals surface area (Å²) in [7, 11) is 0. The molecule has 1 aliphatic heterocycles. The standard InChI is InChI=1S/C16H19N3O2/c20-15(11-2-1-7-17-9-11)18-12-5-6-14-13(8-12)19-16(21-14)10-3-4-10/h5-6,8,10-11,17H,1-4,7,9H2,(H,18,20)/t11-/m0/s1. The summed E-state index contributed by atoms with van der Waals surface area (Å²) in [5.41, 5.74) is 2.43. The molecule has 21 heavy (non-hydrogen) atoms. The molecule has 1 aromatic heterocycles. The van der Waals surface area contributed by atoms with Crippen molar-refractivity contribution in [1.29, 1.82) is 0 Å². The lowest BCUT2D eigenvalue weighted by atomic mass is 9.99. The SMILES string of the molecule is O=C(Nc1ccc2oc(C3CC3)nc2c1)[C@H]1CCCNC1. The maximum Gasteiger partial charge on any atom is 0.228 e. The van der Waals surface area contributed by atoms with E-state index in [9.17, 15) is 4.79 Å². The second-order valence-corrected chi connectivity index (χ2v) is 6.04. The molecule has 0 radical (unpaired) electrons. The Hall–Kier alpha value is -1.88. The van der Waals surface area contributed by atoms with Crippen molar-refractivity contribution in [3.8, 4) is 0 Å². The molecule has 2 N–H and O–H groups in total. The Bertz CT molecular complexity index is 669. The second-order valence-electron chi connectivity index (χ2n) is 6.04. The number of aromatic nitrogens is 1. The van der Waals surface area contributed by atoms with Crippen LogP contribution in [0, 0.1) is 5.92 Å². The highest BCUT2D eigenvalue weighted by Crippen LogP contribution is 2.40. The van der Waals surface area contributed by atoms with E-state index in [1.54, 1.807) is 0 Å². The minimum atomic E-state index is 0.0637. The molecule has 5 nitrogen and oxygen atoms in total. The summed E-state index contributed by atoms with van der Waals surface area (Å²) >= 11 is 0. The summed E-state index contributed by atoms with van der Waals surface area (Å²) in [6.07, 6.45) is 4.36. The smallest absolute Gasteiger partial charge is 0.228 e. The van der Waals surface area contributed by atoms with Crippen LogP contribution in [0.3, 0.4) is 0 Å². The Morgan fingerprint density at radius 2 is 2.24 bits per heavy atom. The molecule has 1 aromatic carbocycles. The number of nitrogens with one attached hydrogen (secondary N) is 2. The number of rotatable bonds is 3. The average Bonchev–Trinajstić information content (AvgIpc) is 3.28. The van der Waals surface area contributed by atoms with Gasteiger partial charge in [0.05, 0.1) is 5.92 Å². The van der Waals surface area contributed by atoms with E-state index in [0.717, 1.165) is 48.6 Å². The largest absolute Gasteiger partial charge is 0.440 e. The van der Waals surface area contributed by atoms with Crippen molar-refractivity contribution < 1.29 is 9.21 Å². The Balaban J connectivity index is 1.51. The number of piperidine rings is 1. The van der Waals surface area contributed by atoms with Crippen LogP contribution < -0.4 is 10.6 Å². The van der Waals surface area contributed by atoms with Crippen molar-refractivity contribution in [3.05, 3.63) is 24.1 Å². The zero-order valence-electron chi connectivity index (χ0n) is 11.9. The fraction of sp³-hybridized carbons (Fsp3) is 0.500. The lowest BCUT2D eigenvalue weighted by molar-refractivity contribution is -0.120. The molecule has 0 spiro atoms. The van der Waals surface area contributed by atoms with Crippen molar-refractivity contribution in [2.24, 2.45) is 5.92 Å². The summed E-state index contributed by atoms with van der Waals surface area (Å²) in [4.78, 5) is 16.8. The predicted octanol–water partition coefficient (Wildman–Crippen LogP) is 2.64. The lowest BCUT2D eigenvalue weighted by Crippen LogP contribution is -2.37. The monoisotopic (exact) mass is 285 g/mol. The number of hydrogen-bond acceptors (Lipinski definition) is 4. The number of carbonyl (C=O) groups excluding carboxylic acids is 1. The zero-order valence-corrected chi connectivity index (χ0v) is 11.9. The van der Waals surface area contributed by atoms with E-state index < -0.39 is 0 Å². The van der Waals surface area contributed by atoms with Crippen LogP contribution in [0.15, 0.2) is 22.6 Å². The van der Waals surface area contributed by atoms with Gasteiger partial charge in [-0.3, -0.25) is 4.79 Å². The van der Waals surface area contributed by atoms with Gasteiger partial charge in [-0.1, -0.05) is 0 Å². The van der Waals surface area contributed by atoms with Gasteiger partial charge in [-0.15, -0.1) is 0 Å². The van der Waals surface area contributed by atoms with Crippen molar-refractivity contribution in [3.63, 3.8) is 0 Å². The number of hydrogen-bond donors (Lipinski definition) is 2. The second kappa shape index (κ2) is 5.15. The van der Waals surface area contributed by atoms with E-state index in [1.165, 1.54) is 12.8 Å².